The van der Waals surface area contributed by atoms with E-state index in [-0.39, 0.29) is 5.92 Å². The molecule has 0 unspecified atom stereocenters. The number of ether oxygens (including phenoxy) is 1. The minimum atomic E-state index is -0.571. The molecule has 2 aromatic rings. The molecule has 1 heterocycles. The molecule has 0 aliphatic heterocycles. The quantitative estimate of drug-likeness (QED) is 0.595. The monoisotopic (exact) mass is 411 g/mol. The molecule has 8 heteroatoms. The summed E-state index contributed by atoms with van der Waals surface area (Å²) < 4.78 is 11.1. The Morgan fingerprint density at radius 3 is 2.56 bits per heavy atom. The molecule has 1 aromatic carbocycles. The maximum Gasteiger partial charge on any atom is 0.408 e. The summed E-state index contributed by atoms with van der Waals surface area (Å²) >= 11 is 7.34. The zero-order valence-electron chi connectivity index (χ0n) is 16.3. The minimum Gasteiger partial charge on any atom is -0.444 e. The van der Waals surface area contributed by atoms with Crippen LogP contribution in [-0.4, -0.2) is 21.9 Å². The Morgan fingerprint density at radius 2 is 1.96 bits per heavy atom. The molecule has 2 rings (SSSR count). The van der Waals surface area contributed by atoms with E-state index in [0.29, 0.717) is 21.9 Å². The maximum absolute atomic E-state index is 12.2. The number of carbonyl (C=O) groups is 1. The highest BCUT2D eigenvalue weighted by Gasteiger charge is 2.28. The fraction of sp³-hybridized carbons (Fsp3) is 0.526. The third-order valence-electron chi connectivity index (χ3n) is 3.85. The lowest BCUT2D eigenvalue weighted by Gasteiger charge is -2.24. The molecule has 0 radical (unpaired) electrons. The molecule has 1 aromatic heterocycles. The van der Waals surface area contributed by atoms with Crippen LogP contribution in [0.25, 0.3) is 0 Å². The number of nitrogens with one attached hydrogen (secondary N) is 1. The van der Waals surface area contributed by atoms with E-state index in [9.17, 15) is 4.79 Å². The second-order valence-electron chi connectivity index (χ2n) is 7.33. The maximum atomic E-state index is 12.2. The van der Waals surface area contributed by atoms with Gasteiger partial charge < -0.3 is 14.5 Å². The molecule has 0 aliphatic rings. The topological polar surface area (TPSA) is 77.2 Å². The van der Waals surface area contributed by atoms with Gasteiger partial charge in [-0.05, 0) is 44.4 Å². The number of carbonyl (C=O) groups excluding carboxylic acids is 1. The molecule has 2 atom stereocenters. The highest BCUT2D eigenvalue weighted by atomic mass is 35.5. The Kier molecular flexibility index (Phi) is 7.56. The molecule has 0 fully saturated rings. The van der Waals surface area contributed by atoms with Gasteiger partial charge in [0.1, 0.15) is 11.6 Å². The molecule has 0 spiro atoms. The van der Waals surface area contributed by atoms with Crippen molar-refractivity contribution < 1.29 is 13.9 Å². The van der Waals surface area contributed by atoms with E-state index in [2.05, 4.69) is 15.5 Å². The third kappa shape index (κ3) is 7.07. The van der Waals surface area contributed by atoms with E-state index in [1.54, 1.807) is 0 Å². The number of hydrogen-bond donors (Lipinski definition) is 1. The molecule has 6 nitrogen and oxygen atoms in total. The van der Waals surface area contributed by atoms with Crippen molar-refractivity contribution in [2.45, 2.75) is 63.7 Å². The van der Waals surface area contributed by atoms with Crippen LogP contribution in [0.2, 0.25) is 5.02 Å². The van der Waals surface area contributed by atoms with E-state index in [1.165, 1.54) is 11.8 Å². The van der Waals surface area contributed by atoms with Gasteiger partial charge in [-0.2, -0.15) is 0 Å². The van der Waals surface area contributed by atoms with E-state index in [0.717, 1.165) is 12.0 Å². The van der Waals surface area contributed by atoms with Gasteiger partial charge in [0.05, 0.1) is 0 Å². The van der Waals surface area contributed by atoms with Crippen molar-refractivity contribution in [1.29, 1.82) is 0 Å². The Morgan fingerprint density at radius 1 is 1.30 bits per heavy atom. The van der Waals surface area contributed by atoms with Gasteiger partial charge in [-0.1, -0.05) is 55.8 Å². The van der Waals surface area contributed by atoms with Crippen LogP contribution in [0.15, 0.2) is 33.9 Å². The van der Waals surface area contributed by atoms with Crippen molar-refractivity contribution in [3.8, 4) is 0 Å². The highest BCUT2D eigenvalue weighted by Crippen LogP contribution is 2.28. The minimum absolute atomic E-state index is 0.118. The Bertz CT molecular complexity index is 743. The van der Waals surface area contributed by atoms with Gasteiger partial charge >= 0.3 is 6.09 Å². The number of thioether (sulfide) groups is 1. The van der Waals surface area contributed by atoms with Crippen LogP contribution in [0.4, 0.5) is 4.79 Å². The molecule has 27 heavy (non-hydrogen) atoms. The SMILES string of the molecule is CC[C@@H](C)[C@H](NC(=O)OC(C)(C)C)c1nnc(SCc2ccc(Cl)cc2)o1. The summed E-state index contributed by atoms with van der Waals surface area (Å²) in [7, 11) is 0. The molecule has 1 N–H and O–H groups in total. The highest BCUT2D eigenvalue weighted by molar-refractivity contribution is 7.98. The van der Waals surface area contributed by atoms with E-state index >= 15 is 0 Å². The lowest BCUT2D eigenvalue weighted by molar-refractivity contribution is 0.0474. The second-order valence-corrected chi connectivity index (χ2v) is 8.69. The summed E-state index contributed by atoms with van der Waals surface area (Å²) in [6.07, 6.45) is 0.345. The van der Waals surface area contributed by atoms with Crippen LogP contribution in [0.3, 0.4) is 0 Å². The largest absolute Gasteiger partial charge is 0.444 e. The fourth-order valence-electron chi connectivity index (χ4n) is 2.25. The number of alkyl carbamates (subject to hydrolysis) is 1. The zero-order valence-corrected chi connectivity index (χ0v) is 17.9. The summed E-state index contributed by atoms with van der Waals surface area (Å²) in [5.41, 5.74) is 0.535. The number of rotatable bonds is 7. The van der Waals surface area contributed by atoms with Crippen LogP contribution in [0, 0.1) is 5.92 Å². The van der Waals surface area contributed by atoms with Crippen LogP contribution >= 0.6 is 23.4 Å². The molecule has 0 bridgehead atoms. The predicted octanol–water partition coefficient (Wildman–Crippen LogP) is 5.63. The normalized spacial score (nSPS) is 13.9. The lowest BCUT2D eigenvalue weighted by Crippen LogP contribution is -2.37. The van der Waals surface area contributed by atoms with Crippen molar-refractivity contribution in [2.24, 2.45) is 5.92 Å². The van der Waals surface area contributed by atoms with E-state index in [1.807, 2.05) is 58.9 Å². The molecule has 0 aliphatic carbocycles. The summed E-state index contributed by atoms with van der Waals surface area (Å²) in [6, 6.07) is 7.21. The van der Waals surface area contributed by atoms with Crippen molar-refractivity contribution in [1.82, 2.24) is 15.5 Å². The smallest absolute Gasteiger partial charge is 0.408 e. The summed E-state index contributed by atoms with van der Waals surface area (Å²) in [5.74, 6) is 1.19. The number of amides is 1. The molecule has 0 saturated carbocycles. The van der Waals surface area contributed by atoms with Crippen LogP contribution < -0.4 is 5.32 Å². The van der Waals surface area contributed by atoms with Crippen molar-refractivity contribution in [3.05, 3.63) is 40.7 Å². The average Bonchev–Trinajstić information content (AvgIpc) is 3.05. The van der Waals surface area contributed by atoms with Crippen LogP contribution in [0.5, 0.6) is 0 Å². The summed E-state index contributed by atoms with van der Waals surface area (Å²) in [6.45, 7) is 9.53. The Labute approximate surface area is 169 Å². The predicted molar refractivity (Wildman–Crippen MR) is 107 cm³/mol. The van der Waals surface area contributed by atoms with Gasteiger partial charge in [-0.15, -0.1) is 10.2 Å². The first-order valence-electron chi connectivity index (χ1n) is 8.88. The lowest BCUT2D eigenvalue weighted by atomic mass is 9.99. The zero-order chi connectivity index (χ0) is 20.0. The van der Waals surface area contributed by atoms with Crippen LogP contribution in [0.1, 0.15) is 58.5 Å². The number of halogens is 1. The first kappa shape index (κ1) is 21.6. The van der Waals surface area contributed by atoms with Crippen LogP contribution in [-0.2, 0) is 10.5 Å². The first-order chi connectivity index (χ1) is 12.7. The number of benzene rings is 1. The number of nitrogens with zero attached hydrogens (tertiary/aromatic N) is 2. The summed E-state index contributed by atoms with van der Waals surface area (Å²) in [5, 5.41) is 12.2. The van der Waals surface area contributed by atoms with Gasteiger partial charge in [0.15, 0.2) is 0 Å². The van der Waals surface area contributed by atoms with Gasteiger partial charge in [0.25, 0.3) is 5.22 Å². The molecule has 148 valence electrons. The van der Waals surface area contributed by atoms with E-state index < -0.39 is 17.7 Å². The Hall–Kier alpha value is -1.73. The molecule has 1 amide bonds. The average molecular weight is 412 g/mol. The van der Waals surface area contributed by atoms with E-state index in [4.69, 9.17) is 20.8 Å². The van der Waals surface area contributed by atoms with Gasteiger partial charge in [0, 0.05) is 10.8 Å². The van der Waals surface area contributed by atoms with Gasteiger partial charge in [-0.3, -0.25) is 0 Å². The molecular formula is C19H26ClN3O3S. The number of hydrogen-bond acceptors (Lipinski definition) is 6. The van der Waals surface area contributed by atoms with Gasteiger partial charge in [0.2, 0.25) is 5.89 Å². The van der Waals surface area contributed by atoms with Crippen molar-refractivity contribution in [3.63, 3.8) is 0 Å². The fourth-order valence-corrected chi connectivity index (χ4v) is 3.10. The summed E-state index contributed by atoms with van der Waals surface area (Å²) in [4.78, 5) is 12.2. The van der Waals surface area contributed by atoms with Crippen molar-refractivity contribution in [2.75, 3.05) is 0 Å². The first-order valence-corrected chi connectivity index (χ1v) is 10.2. The number of aromatic nitrogens is 2. The third-order valence-corrected chi connectivity index (χ3v) is 4.99. The van der Waals surface area contributed by atoms with Gasteiger partial charge in [-0.25, -0.2) is 4.79 Å². The Balaban J connectivity index is 2.04. The second kappa shape index (κ2) is 9.46. The molecular weight excluding hydrogens is 386 g/mol. The standard InChI is InChI=1S/C19H26ClN3O3S/c1-6-12(2)15(21-17(24)26-19(3,4)5)16-22-23-18(25-16)27-11-13-7-9-14(20)10-8-13/h7-10,12,15H,6,11H2,1-5H3,(H,21,24)/t12-,15+/m1/s1. The van der Waals surface area contributed by atoms with Crippen molar-refractivity contribution >= 4 is 29.5 Å². The molecule has 0 saturated heterocycles.